The third-order valence-electron chi connectivity index (χ3n) is 3.73. The highest BCUT2D eigenvalue weighted by Gasteiger charge is 2.29. The number of hydrogen-bond donors (Lipinski definition) is 2. The van der Waals surface area contributed by atoms with Gasteiger partial charge in [0.2, 0.25) is 5.28 Å². The van der Waals surface area contributed by atoms with Crippen LogP contribution in [0.4, 0.5) is 10.2 Å². The van der Waals surface area contributed by atoms with E-state index < -0.39 is 0 Å². The van der Waals surface area contributed by atoms with E-state index in [4.69, 9.17) is 17.3 Å². The van der Waals surface area contributed by atoms with Crippen LogP contribution in [0.25, 0.3) is 0 Å². The number of nitrogens with zero attached hydrogens (tertiary/aromatic N) is 2. The minimum Gasteiger partial charge on any atom is -0.368 e. The Morgan fingerprint density at radius 2 is 2.05 bits per heavy atom. The summed E-state index contributed by atoms with van der Waals surface area (Å²) in [6, 6.07) is 6.56. The third-order valence-corrected chi connectivity index (χ3v) is 3.90. The Morgan fingerprint density at radius 1 is 1.29 bits per heavy atom. The summed E-state index contributed by atoms with van der Waals surface area (Å²) in [5, 5.41) is 3.42. The van der Waals surface area contributed by atoms with E-state index in [-0.39, 0.29) is 17.0 Å². The Bertz CT molecular complexity index is 645. The Labute approximate surface area is 127 Å². The fraction of sp³-hybridized carbons (Fsp3) is 0.333. The van der Waals surface area contributed by atoms with Crippen molar-refractivity contribution in [3.8, 4) is 0 Å². The molecule has 21 heavy (non-hydrogen) atoms. The van der Waals surface area contributed by atoms with Gasteiger partial charge in [-0.05, 0) is 42.1 Å². The van der Waals surface area contributed by atoms with Crippen LogP contribution in [0.2, 0.25) is 5.28 Å². The molecule has 3 N–H and O–H groups in total. The minimum absolute atomic E-state index is 0.138. The average Bonchev–Trinajstić information content (AvgIpc) is 2.89. The lowest BCUT2D eigenvalue weighted by molar-refractivity contribution is 0.625. The summed E-state index contributed by atoms with van der Waals surface area (Å²) in [6.07, 6.45) is 1.80. The zero-order chi connectivity index (χ0) is 14.8. The minimum atomic E-state index is -0.233. The molecule has 1 aliphatic carbocycles. The van der Waals surface area contributed by atoms with Crippen LogP contribution in [0.3, 0.4) is 0 Å². The Balaban J connectivity index is 1.97. The van der Waals surface area contributed by atoms with Gasteiger partial charge in [0.05, 0.1) is 5.69 Å². The summed E-state index contributed by atoms with van der Waals surface area (Å²) in [6.45, 7) is 1.17. The summed E-state index contributed by atoms with van der Waals surface area (Å²) < 4.78 is 13.1. The monoisotopic (exact) mass is 306 g/mol. The molecule has 4 nitrogen and oxygen atoms in total. The van der Waals surface area contributed by atoms with Gasteiger partial charge in [-0.15, -0.1) is 0 Å². The van der Waals surface area contributed by atoms with E-state index in [0.717, 1.165) is 35.5 Å². The van der Waals surface area contributed by atoms with Crippen molar-refractivity contribution < 1.29 is 4.39 Å². The van der Waals surface area contributed by atoms with Crippen LogP contribution in [0.1, 0.15) is 29.2 Å². The van der Waals surface area contributed by atoms with Gasteiger partial charge in [-0.1, -0.05) is 12.1 Å². The van der Waals surface area contributed by atoms with Crippen molar-refractivity contribution in [2.75, 3.05) is 18.4 Å². The zero-order valence-corrected chi connectivity index (χ0v) is 12.2. The van der Waals surface area contributed by atoms with Crippen molar-refractivity contribution in [1.82, 2.24) is 9.97 Å². The highest BCUT2D eigenvalue weighted by atomic mass is 35.5. The molecular weight excluding hydrogens is 291 g/mol. The second-order valence-corrected chi connectivity index (χ2v) is 5.40. The standard InChI is InChI=1S/C15H16ClFN4/c16-15-20-13-11(9-1-3-10(17)4-2-9)5-6-12(13)14(21-15)19-8-7-18/h1-4,11H,5-8,18H2,(H,19,20,21). The molecule has 0 bridgehead atoms. The van der Waals surface area contributed by atoms with Gasteiger partial charge in [0.25, 0.3) is 0 Å². The fourth-order valence-corrected chi connectivity index (χ4v) is 2.97. The van der Waals surface area contributed by atoms with Crippen molar-refractivity contribution in [2.24, 2.45) is 5.73 Å². The number of rotatable bonds is 4. The molecule has 0 saturated carbocycles. The van der Waals surface area contributed by atoms with Crippen molar-refractivity contribution in [3.63, 3.8) is 0 Å². The topological polar surface area (TPSA) is 63.8 Å². The van der Waals surface area contributed by atoms with Crippen molar-refractivity contribution in [2.45, 2.75) is 18.8 Å². The Morgan fingerprint density at radius 3 is 2.76 bits per heavy atom. The number of fused-ring (bicyclic) bond motifs is 1. The summed E-state index contributed by atoms with van der Waals surface area (Å²) in [5.74, 6) is 0.669. The molecule has 0 spiro atoms. The predicted molar refractivity (Wildman–Crippen MR) is 81.2 cm³/mol. The van der Waals surface area contributed by atoms with E-state index in [1.54, 1.807) is 12.1 Å². The molecule has 1 unspecified atom stereocenters. The molecule has 110 valence electrons. The maximum Gasteiger partial charge on any atom is 0.224 e. The summed E-state index contributed by atoms with van der Waals surface area (Å²) in [7, 11) is 0. The Hall–Kier alpha value is -1.72. The largest absolute Gasteiger partial charge is 0.368 e. The van der Waals surface area contributed by atoms with E-state index >= 15 is 0 Å². The van der Waals surface area contributed by atoms with Crippen LogP contribution in [0.5, 0.6) is 0 Å². The van der Waals surface area contributed by atoms with E-state index in [1.165, 1.54) is 12.1 Å². The van der Waals surface area contributed by atoms with Gasteiger partial charge >= 0.3 is 0 Å². The number of hydrogen-bond acceptors (Lipinski definition) is 4. The molecular formula is C15H16ClFN4. The molecule has 1 heterocycles. The first-order valence-electron chi connectivity index (χ1n) is 6.94. The van der Waals surface area contributed by atoms with Crippen LogP contribution in [-0.2, 0) is 6.42 Å². The van der Waals surface area contributed by atoms with E-state index in [1.807, 2.05) is 0 Å². The SMILES string of the molecule is NCCNc1nc(Cl)nc2c1CCC2c1ccc(F)cc1. The first kappa shape index (κ1) is 14.2. The fourth-order valence-electron chi connectivity index (χ4n) is 2.79. The smallest absolute Gasteiger partial charge is 0.224 e. The highest BCUT2D eigenvalue weighted by Crippen LogP contribution is 2.39. The first-order valence-corrected chi connectivity index (χ1v) is 7.32. The molecule has 0 radical (unpaired) electrons. The molecule has 2 aromatic rings. The zero-order valence-electron chi connectivity index (χ0n) is 11.4. The molecule has 0 fully saturated rings. The number of aromatic nitrogens is 2. The molecule has 1 aromatic carbocycles. The first-order chi connectivity index (χ1) is 10.2. The number of nitrogens with one attached hydrogen (secondary N) is 1. The summed E-state index contributed by atoms with van der Waals surface area (Å²) >= 11 is 6.03. The Kier molecular flexibility index (Phi) is 4.03. The molecule has 1 aromatic heterocycles. The lowest BCUT2D eigenvalue weighted by atomic mass is 9.97. The summed E-state index contributed by atoms with van der Waals surface area (Å²) in [5.41, 5.74) is 8.59. The summed E-state index contributed by atoms with van der Waals surface area (Å²) in [4.78, 5) is 8.64. The maximum atomic E-state index is 13.1. The van der Waals surface area contributed by atoms with E-state index in [0.29, 0.717) is 13.1 Å². The van der Waals surface area contributed by atoms with Crippen molar-refractivity contribution in [3.05, 3.63) is 52.2 Å². The molecule has 6 heteroatoms. The maximum absolute atomic E-state index is 13.1. The van der Waals surface area contributed by atoms with Crippen LogP contribution in [0, 0.1) is 5.82 Å². The van der Waals surface area contributed by atoms with Gasteiger partial charge in [0.15, 0.2) is 0 Å². The number of benzene rings is 1. The highest BCUT2D eigenvalue weighted by molar-refractivity contribution is 6.28. The van der Waals surface area contributed by atoms with Crippen molar-refractivity contribution in [1.29, 1.82) is 0 Å². The van der Waals surface area contributed by atoms with Gasteiger partial charge in [0, 0.05) is 24.6 Å². The molecule has 0 aliphatic heterocycles. The van der Waals surface area contributed by atoms with E-state index in [9.17, 15) is 4.39 Å². The van der Waals surface area contributed by atoms with Crippen LogP contribution < -0.4 is 11.1 Å². The second kappa shape index (κ2) is 5.95. The molecule has 1 aliphatic rings. The van der Waals surface area contributed by atoms with Crippen molar-refractivity contribution >= 4 is 17.4 Å². The molecule has 3 rings (SSSR count). The quantitative estimate of drug-likeness (QED) is 0.853. The number of anilines is 1. The van der Waals surface area contributed by atoms with Gasteiger partial charge in [-0.3, -0.25) is 0 Å². The van der Waals surface area contributed by atoms with Gasteiger partial charge in [-0.2, -0.15) is 0 Å². The lowest BCUT2D eigenvalue weighted by Gasteiger charge is -2.13. The van der Waals surface area contributed by atoms with Crippen LogP contribution in [-0.4, -0.2) is 23.1 Å². The van der Waals surface area contributed by atoms with E-state index in [2.05, 4.69) is 15.3 Å². The lowest BCUT2D eigenvalue weighted by Crippen LogP contribution is -2.15. The third kappa shape index (κ3) is 2.84. The normalized spacial score (nSPS) is 16.8. The number of halogens is 2. The molecule has 1 atom stereocenters. The van der Waals surface area contributed by atoms with Gasteiger partial charge < -0.3 is 11.1 Å². The van der Waals surface area contributed by atoms with Gasteiger partial charge in [0.1, 0.15) is 11.6 Å². The predicted octanol–water partition coefficient (Wildman–Crippen LogP) is 2.72. The number of nitrogens with two attached hydrogens (primary N) is 1. The van der Waals surface area contributed by atoms with Gasteiger partial charge in [-0.25, -0.2) is 14.4 Å². The van der Waals surface area contributed by atoms with Crippen LogP contribution in [0.15, 0.2) is 24.3 Å². The average molecular weight is 307 g/mol. The molecule has 0 saturated heterocycles. The second-order valence-electron chi connectivity index (χ2n) is 5.06. The molecule has 0 amide bonds. The van der Waals surface area contributed by atoms with Crippen LogP contribution >= 0.6 is 11.6 Å².